The van der Waals surface area contributed by atoms with Crippen LogP contribution in [-0.2, 0) is 0 Å². The highest BCUT2D eigenvalue weighted by Gasteiger charge is 2.22. The molecule has 4 heteroatoms. The van der Waals surface area contributed by atoms with E-state index in [1.54, 1.807) is 0 Å². The second-order valence-corrected chi connectivity index (χ2v) is 6.05. The van der Waals surface area contributed by atoms with Gasteiger partial charge in [0, 0.05) is 24.3 Å². The SMILES string of the molecule is CCCC1CCCN(C(=O)c2ccc(NN)cc2C)CC1. The summed E-state index contributed by atoms with van der Waals surface area (Å²) in [6.45, 7) is 5.98. The van der Waals surface area contributed by atoms with Gasteiger partial charge in [0.15, 0.2) is 0 Å². The molecule has 1 atom stereocenters. The molecule has 2 rings (SSSR count). The third-order valence-corrected chi connectivity index (χ3v) is 4.46. The number of nitrogens with zero attached hydrogens (tertiary/aromatic N) is 1. The zero-order chi connectivity index (χ0) is 15.2. The smallest absolute Gasteiger partial charge is 0.254 e. The zero-order valence-electron chi connectivity index (χ0n) is 13.2. The number of benzene rings is 1. The summed E-state index contributed by atoms with van der Waals surface area (Å²) < 4.78 is 0. The third-order valence-electron chi connectivity index (χ3n) is 4.46. The van der Waals surface area contributed by atoms with E-state index in [1.165, 1.54) is 19.3 Å². The monoisotopic (exact) mass is 289 g/mol. The number of nitrogens with one attached hydrogen (secondary N) is 1. The van der Waals surface area contributed by atoms with Gasteiger partial charge in [-0.2, -0.15) is 0 Å². The molecule has 1 aliphatic rings. The van der Waals surface area contributed by atoms with E-state index < -0.39 is 0 Å². The molecule has 0 aliphatic carbocycles. The number of amides is 1. The van der Waals surface area contributed by atoms with Crippen molar-refractivity contribution in [1.29, 1.82) is 0 Å². The van der Waals surface area contributed by atoms with Crippen LogP contribution in [-0.4, -0.2) is 23.9 Å². The van der Waals surface area contributed by atoms with Gasteiger partial charge in [-0.05, 0) is 55.9 Å². The summed E-state index contributed by atoms with van der Waals surface area (Å²) >= 11 is 0. The minimum atomic E-state index is 0.160. The molecule has 4 nitrogen and oxygen atoms in total. The number of anilines is 1. The Bertz CT molecular complexity index is 487. The predicted molar refractivity (Wildman–Crippen MR) is 87.1 cm³/mol. The quantitative estimate of drug-likeness (QED) is 0.660. The van der Waals surface area contributed by atoms with Gasteiger partial charge in [0.25, 0.3) is 5.91 Å². The van der Waals surface area contributed by atoms with Crippen molar-refractivity contribution < 1.29 is 4.79 Å². The Morgan fingerprint density at radius 1 is 1.38 bits per heavy atom. The summed E-state index contributed by atoms with van der Waals surface area (Å²) in [6.07, 6.45) is 6.05. The van der Waals surface area contributed by atoms with Crippen LogP contribution in [0.3, 0.4) is 0 Å². The van der Waals surface area contributed by atoms with Crippen molar-refractivity contribution in [2.75, 3.05) is 18.5 Å². The third kappa shape index (κ3) is 3.97. The highest BCUT2D eigenvalue weighted by molar-refractivity contribution is 5.96. The second-order valence-electron chi connectivity index (χ2n) is 6.05. The minimum absolute atomic E-state index is 0.160. The Labute approximate surface area is 127 Å². The molecule has 1 fully saturated rings. The molecule has 1 aliphatic heterocycles. The van der Waals surface area contributed by atoms with Gasteiger partial charge >= 0.3 is 0 Å². The number of carbonyl (C=O) groups is 1. The Kier molecular flexibility index (Phi) is 5.62. The first-order chi connectivity index (χ1) is 10.2. The maximum atomic E-state index is 12.7. The molecule has 1 aromatic carbocycles. The topological polar surface area (TPSA) is 58.4 Å². The van der Waals surface area contributed by atoms with Gasteiger partial charge < -0.3 is 10.3 Å². The van der Waals surface area contributed by atoms with Crippen LogP contribution in [0.1, 0.15) is 54.9 Å². The fraction of sp³-hybridized carbons (Fsp3) is 0.588. The van der Waals surface area contributed by atoms with E-state index in [9.17, 15) is 4.79 Å². The lowest BCUT2D eigenvalue weighted by molar-refractivity contribution is 0.0759. The molecule has 3 N–H and O–H groups in total. The van der Waals surface area contributed by atoms with E-state index in [0.717, 1.165) is 48.7 Å². The summed E-state index contributed by atoms with van der Waals surface area (Å²) in [5.41, 5.74) is 5.23. The molecule has 0 bridgehead atoms. The van der Waals surface area contributed by atoms with Crippen LogP contribution >= 0.6 is 0 Å². The molecule has 0 radical (unpaired) electrons. The number of nitrogens with two attached hydrogens (primary N) is 1. The van der Waals surface area contributed by atoms with Gasteiger partial charge in [0.2, 0.25) is 0 Å². The lowest BCUT2D eigenvalue weighted by atomic mass is 9.96. The zero-order valence-corrected chi connectivity index (χ0v) is 13.2. The van der Waals surface area contributed by atoms with Crippen molar-refractivity contribution in [3.63, 3.8) is 0 Å². The van der Waals surface area contributed by atoms with Crippen molar-refractivity contribution in [2.24, 2.45) is 11.8 Å². The first-order valence-electron chi connectivity index (χ1n) is 8.02. The number of carbonyl (C=O) groups excluding carboxylic acids is 1. The maximum Gasteiger partial charge on any atom is 0.254 e. The number of rotatable bonds is 4. The number of nitrogen functional groups attached to an aromatic ring is 1. The average Bonchev–Trinajstić information content (AvgIpc) is 2.72. The van der Waals surface area contributed by atoms with Gasteiger partial charge in [-0.15, -0.1) is 0 Å². The lowest BCUT2D eigenvalue weighted by Crippen LogP contribution is -2.32. The van der Waals surface area contributed by atoms with E-state index in [-0.39, 0.29) is 5.91 Å². The van der Waals surface area contributed by atoms with Crippen LogP contribution in [0.4, 0.5) is 5.69 Å². The first-order valence-corrected chi connectivity index (χ1v) is 8.02. The maximum absolute atomic E-state index is 12.7. The van der Waals surface area contributed by atoms with E-state index in [4.69, 9.17) is 5.84 Å². The summed E-state index contributed by atoms with van der Waals surface area (Å²) in [6, 6.07) is 5.66. The molecule has 1 unspecified atom stereocenters. The van der Waals surface area contributed by atoms with Crippen LogP contribution in [0.15, 0.2) is 18.2 Å². The van der Waals surface area contributed by atoms with Crippen LogP contribution in [0.25, 0.3) is 0 Å². The van der Waals surface area contributed by atoms with Crippen molar-refractivity contribution in [2.45, 2.75) is 46.0 Å². The standard InChI is InChI=1S/C17H27N3O/c1-3-5-14-6-4-10-20(11-9-14)17(21)16-8-7-15(19-18)12-13(16)2/h7-8,12,14,19H,3-6,9-11,18H2,1-2H3. The van der Waals surface area contributed by atoms with Gasteiger partial charge in [-0.1, -0.05) is 19.8 Å². The molecular formula is C17H27N3O. The molecule has 0 saturated carbocycles. The number of hydrogen-bond donors (Lipinski definition) is 2. The van der Waals surface area contributed by atoms with Gasteiger partial charge in [0.05, 0.1) is 0 Å². The molecule has 1 amide bonds. The Morgan fingerprint density at radius 3 is 2.86 bits per heavy atom. The predicted octanol–water partition coefficient (Wildman–Crippen LogP) is 3.32. The number of hydrazine groups is 1. The van der Waals surface area contributed by atoms with E-state index >= 15 is 0 Å². The number of likely N-dealkylation sites (tertiary alicyclic amines) is 1. The fourth-order valence-electron chi connectivity index (χ4n) is 3.23. The molecule has 0 aromatic heterocycles. The van der Waals surface area contributed by atoms with Crippen molar-refractivity contribution in [3.05, 3.63) is 29.3 Å². The fourth-order valence-corrected chi connectivity index (χ4v) is 3.23. The summed E-state index contributed by atoms with van der Waals surface area (Å²) in [4.78, 5) is 14.7. The Hall–Kier alpha value is -1.55. The first kappa shape index (κ1) is 15.8. The summed E-state index contributed by atoms with van der Waals surface area (Å²) in [5.74, 6) is 6.36. The van der Waals surface area contributed by atoms with Gasteiger partial charge in [-0.25, -0.2) is 0 Å². The lowest BCUT2D eigenvalue weighted by Gasteiger charge is -2.22. The van der Waals surface area contributed by atoms with Crippen molar-refractivity contribution >= 4 is 11.6 Å². The molecule has 1 aromatic rings. The van der Waals surface area contributed by atoms with Crippen molar-refractivity contribution in [1.82, 2.24) is 4.90 Å². The molecular weight excluding hydrogens is 262 g/mol. The number of aryl methyl sites for hydroxylation is 1. The molecule has 1 saturated heterocycles. The van der Waals surface area contributed by atoms with Gasteiger partial charge in [-0.3, -0.25) is 10.6 Å². The van der Waals surface area contributed by atoms with E-state index in [0.29, 0.717) is 0 Å². The van der Waals surface area contributed by atoms with Crippen LogP contribution < -0.4 is 11.3 Å². The van der Waals surface area contributed by atoms with E-state index in [2.05, 4.69) is 12.3 Å². The summed E-state index contributed by atoms with van der Waals surface area (Å²) in [7, 11) is 0. The van der Waals surface area contributed by atoms with Crippen LogP contribution in [0, 0.1) is 12.8 Å². The average molecular weight is 289 g/mol. The largest absolute Gasteiger partial charge is 0.339 e. The molecule has 0 spiro atoms. The normalized spacial score (nSPS) is 19.2. The van der Waals surface area contributed by atoms with Crippen molar-refractivity contribution in [3.8, 4) is 0 Å². The molecule has 21 heavy (non-hydrogen) atoms. The Balaban J connectivity index is 2.06. The van der Waals surface area contributed by atoms with E-state index in [1.807, 2.05) is 30.0 Å². The Morgan fingerprint density at radius 2 is 2.19 bits per heavy atom. The molecule has 1 heterocycles. The number of hydrogen-bond acceptors (Lipinski definition) is 3. The second kappa shape index (κ2) is 7.46. The highest BCUT2D eigenvalue weighted by Crippen LogP contribution is 2.24. The minimum Gasteiger partial charge on any atom is -0.339 e. The van der Waals surface area contributed by atoms with Gasteiger partial charge in [0.1, 0.15) is 0 Å². The van der Waals surface area contributed by atoms with Crippen LogP contribution in [0.2, 0.25) is 0 Å². The molecule has 116 valence electrons. The summed E-state index contributed by atoms with van der Waals surface area (Å²) in [5, 5.41) is 0. The highest BCUT2D eigenvalue weighted by atomic mass is 16.2. The van der Waals surface area contributed by atoms with Crippen LogP contribution in [0.5, 0.6) is 0 Å².